The molecule has 1 saturated heterocycles. The van der Waals surface area contributed by atoms with Crippen molar-refractivity contribution in [2.45, 2.75) is 19.9 Å². The number of thiazole rings is 1. The Morgan fingerprint density at radius 2 is 2.39 bits per heavy atom. The molecule has 2 heterocycles. The Hall–Kier alpha value is -1.47. The van der Waals surface area contributed by atoms with Gasteiger partial charge in [-0.2, -0.15) is 0 Å². The van der Waals surface area contributed by atoms with Gasteiger partial charge in [0.2, 0.25) is 0 Å². The molecule has 6 nitrogen and oxygen atoms in total. The van der Waals surface area contributed by atoms with Gasteiger partial charge < -0.3 is 15.7 Å². The Kier molecular flexibility index (Phi) is 3.36. The smallest absolute Gasteiger partial charge is 0.311 e. The molecule has 1 atom stereocenters. The van der Waals surface area contributed by atoms with Gasteiger partial charge in [0.15, 0.2) is 0 Å². The zero-order valence-corrected chi connectivity index (χ0v) is 10.9. The molecule has 0 radical (unpaired) electrons. The van der Waals surface area contributed by atoms with Crippen LogP contribution in [0, 0.1) is 5.41 Å². The van der Waals surface area contributed by atoms with E-state index in [1.165, 1.54) is 11.3 Å². The summed E-state index contributed by atoms with van der Waals surface area (Å²) in [7, 11) is 0. The van der Waals surface area contributed by atoms with E-state index in [2.05, 4.69) is 4.98 Å². The Bertz CT molecular complexity index is 488. The van der Waals surface area contributed by atoms with Crippen molar-refractivity contribution in [3.8, 4) is 0 Å². The molecular weight excluding hydrogens is 254 g/mol. The molecule has 18 heavy (non-hydrogen) atoms. The highest BCUT2D eigenvalue weighted by Gasteiger charge is 2.42. The number of aromatic nitrogens is 1. The molecule has 1 unspecified atom stereocenters. The number of carboxylic acids is 1. The summed E-state index contributed by atoms with van der Waals surface area (Å²) in [6.45, 7) is 2.66. The molecule has 0 saturated carbocycles. The second-order valence-corrected chi connectivity index (χ2v) is 5.62. The Balaban J connectivity index is 2.10. The number of carboxylic acid groups (broad SMARTS) is 1. The SMILES string of the molecule is CC1(C(=O)O)CCN(C(=O)c2csc(CN)n2)C1. The van der Waals surface area contributed by atoms with Gasteiger partial charge in [0.05, 0.1) is 5.41 Å². The maximum Gasteiger partial charge on any atom is 0.311 e. The van der Waals surface area contributed by atoms with Crippen LogP contribution in [-0.2, 0) is 11.3 Å². The number of aliphatic carboxylic acids is 1. The number of carbonyl (C=O) groups excluding carboxylic acids is 1. The van der Waals surface area contributed by atoms with Crippen LogP contribution in [0.25, 0.3) is 0 Å². The Morgan fingerprint density at radius 3 is 2.89 bits per heavy atom. The van der Waals surface area contributed by atoms with Gasteiger partial charge in [0, 0.05) is 25.0 Å². The first-order valence-electron chi connectivity index (χ1n) is 5.63. The average molecular weight is 269 g/mol. The fraction of sp³-hybridized carbons (Fsp3) is 0.545. The fourth-order valence-electron chi connectivity index (χ4n) is 1.97. The lowest BCUT2D eigenvalue weighted by Crippen LogP contribution is -2.35. The summed E-state index contributed by atoms with van der Waals surface area (Å²) in [5.41, 5.74) is 4.96. The highest BCUT2D eigenvalue weighted by atomic mass is 32.1. The molecule has 0 aliphatic carbocycles. The molecule has 1 aliphatic heterocycles. The first-order chi connectivity index (χ1) is 8.46. The third-order valence-electron chi connectivity index (χ3n) is 3.22. The van der Waals surface area contributed by atoms with Crippen molar-refractivity contribution in [3.05, 3.63) is 16.1 Å². The number of amides is 1. The maximum absolute atomic E-state index is 12.1. The molecule has 0 bridgehead atoms. The highest BCUT2D eigenvalue weighted by molar-refractivity contribution is 7.09. The minimum absolute atomic E-state index is 0.212. The summed E-state index contributed by atoms with van der Waals surface area (Å²) in [6, 6.07) is 0. The zero-order valence-electron chi connectivity index (χ0n) is 10.0. The molecule has 0 aromatic carbocycles. The van der Waals surface area contributed by atoms with Crippen LogP contribution in [0.2, 0.25) is 0 Å². The second-order valence-electron chi connectivity index (χ2n) is 4.67. The van der Waals surface area contributed by atoms with Crippen LogP contribution in [0.5, 0.6) is 0 Å². The number of nitrogens with two attached hydrogens (primary N) is 1. The van der Waals surface area contributed by atoms with Crippen molar-refractivity contribution < 1.29 is 14.7 Å². The minimum atomic E-state index is -0.862. The summed E-state index contributed by atoms with van der Waals surface area (Å²) in [4.78, 5) is 28.9. The molecule has 3 N–H and O–H groups in total. The lowest BCUT2D eigenvalue weighted by Gasteiger charge is -2.19. The number of carbonyl (C=O) groups is 2. The van der Waals surface area contributed by atoms with Gasteiger partial charge in [0.25, 0.3) is 5.91 Å². The molecule has 1 aromatic heterocycles. The van der Waals surface area contributed by atoms with Crippen LogP contribution >= 0.6 is 11.3 Å². The number of hydrogen-bond acceptors (Lipinski definition) is 5. The molecule has 98 valence electrons. The Morgan fingerprint density at radius 1 is 1.67 bits per heavy atom. The van der Waals surface area contributed by atoms with Gasteiger partial charge in [-0.05, 0) is 13.3 Å². The van der Waals surface area contributed by atoms with E-state index in [0.717, 1.165) is 0 Å². The topological polar surface area (TPSA) is 96.5 Å². The quantitative estimate of drug-likeness (QED) is 0.834. The van der Waals surface area contributed by atoms with Crippen molar-refractivity contribution in [2.75, 3.05) is 13.1 Å². The second kappa shape index (κ2) is 4.66. The van der Waals surface area contributed by atoms with Crippen molar-refractivity contribution in [2.24, 2.45) is 11.1 Å². The van der Waals surface area contributed by atoms with Crippen molar-refractivity contribution in [3.63, 3.8) is 0 Å². The minimum Gasteiger partial charge on any atom is -0.481 e. The molecule has 1 amide bonds. The molecule has 1 fully saturated rings. The summed E-state index contributed by atoms with van der Waals surface area (Å²) in [6.07, 6.45) is 0.474. The zero-order chi connectivity index (χ0) is 13.3. The van der Waals surface area contributed by atoms with Gasteiger partial charge in [0.1, 0.15) is 10.7 Å². The number of rotatable bonds is 3. The normalized spacial score (nSPS) is 23.3. The first kappa shape index (κ1) is 13.0. The van der Waals surface area contributed by atoms with Gasteiger partial charge in [-0.25, -0.2) is 4.98 Å². The molecule has 2 rings (SSSR count). The number of hydrogen-bond donors (Lipinski definition) is 2. The maximum atomic E-state index is 12.1. The molecule has 7 heteroatoms. The van der Waals surface area contributed by atoms with E-state index in [9.17, 15) is 9.59 Å². The first-order valence-corrected chi connectivity index (χ1v) is 6.51. The van der Waals surface area contributed by atoms with E-state index in [4.69, 9.17) is 10.8 Å². The Labute approximate surface area is 108 Å². The highest BCUT2D eigenvalue weighted by Crippen LogP contribution is 2.31. The third-order valence-corrected chi connectivity index (χ3v) is 4.09. The summed E-state index contributed by atoms with van der Waals surface area (Å²) in [5, 5.41) is 11.5. The van der Waals surface area contributed by atoms with E-state index in [0.29, 0.717) is 30.2 Å². The lowest BCUT2D eigenvalue weighted by atomic mass is 9.90. The van der Waals surface area contributed by atoms with Gasteiger partial charge in [-0.15, -0.1) is 11.3 Å². The monoisotopic (exact) mass is 269 g/mol. The average Bonchev–Trinajstić information content (AvgIpc) is 2.95. The summed E-state index contributed by atoms with van der Waals surface area (Å²) >= 11 is 1.34. The van der Waals surface area contributed by atoms with Crippen LogP contribution in [0.3, 0.4) is 0 Å². The third kappa shape index (κ3) is 2.23. The van der Waals surface area contributed by atoms with E-state index in [1.807, 2.05) is 0 Å². The van der Waals surface area contributed by atoms with Crippen molar-refractivity contribution >= 4 is 23.2 Å². The molecule has 0 spiro atoms. The van der Waals surface area contributed by atoms with Gasteiger partial charge in [-0.3, -0.25) is 9.59 Å². The standard InChI is InChI=1S/C11H15N3O3S/c1-11(10(16)17)2-3-14(6-11)9(15)7-5-18-8(4-12)13-7/h5H,2-4,6,12H2,1H3,(H,16,17). The largest absolute Gasteiger partial charge is 0.481 e. The predicted molar refractivity (Wildman–Crippen MR) is 66.3 cm³/mol. The number of nitrogens with zero attached hydrogens (tertiary/aromatic N) is 2. The van der Waals surface area contributed by atoms with Gasteiger partial charge in [-0.1, -0.05) is 0 Å². The molecule has 1 aromatic rings. The summed E-state index contributed by atoms with van der Waals surface area (Å²) in [5.74, 6) is -1.07. The van der Waals surface area contributed by atoms with Crippen LogP contribution < -0.4 is 5.73 Å². The lowest BCUT2D eigenvalue weighted by molar-refractivity contribution is -0.147. The van der Waals surface area contributed by atoms with Crippen LogP contribution in [0.15, 0.2) is 5.38 Å². The summed E-state index contributed by atoms with van der Waals surface area (Å²) < 4.78 is 0. The van der Waals surface area contributed by atoms with E-state index >= 15 is 0 Å². The van der Waals surface area contributed by atoms with Crippen LogP contribution in [0.4, 0.5) is 0 Å². The number of likely N-dealkylation sites (tertiary alicyclic amines) is 1. The van der Waals surface area contributed by atoms with Gasteiger partial charge >= 0.3 is 5.97 Å². The van der Waals surface area contributed by atoms with Crippen LogP contribution in [-0.4, -0.2) is 40.0 Å². The molecule has 1 aliphatic rings. The van der Waals surface area contributed by atoms with E-state index in [1.54, 1.807) is 17.2 Å². The fourth-order valence-corrected chi connectivity index (χ4v) is 2.62. The van der Waals surface area contributed by atoms with Crippen molar-refractivity contribution in [1.29, 1.82) is 0 Å². The molecular formula is C11H15N3O3S. The van der Waals surface area contributed by atoms with E-state index < -0.39 is 11.4 Å². The van der Waals surface area contributed by atoms with Crippen molar-refractivity contribution in [1.82, 2.24) is 9.88 Å². The predicted octanol–water partition coefficient (Wildman–Crippen LogP) is 0.539. The van der Waals surface area contributed by atoms with E-state index in [-0.39, 0.29) is 12.5 Å². The van der Waals surface area contributed by atoms with Crippen LogP contribution in [0.1, 0.15) is 28.8 Å².